The quantitative estimate of drug-likeness (QED) is 0.855. The molecule has 2 saturated heterocycles. The van der Waals surface area contributed by atoms with Crippen LogP contribution in [0.2, 0.25) is 0 Å². The summed E-state index contributed by atoms with van der Waals surface area (Å²) in [4.78, 5) is 4.05. The highest BCUT2D eigenvalue weighted by atomic mass is 32.2. The van der Waals surface area contributed by atoms with Gasteiger partial charge in [-0.3, -0.25) is 4.98 Å². The van der Waals surface area contributed by atoms with Crippen molar-refractivity contribution in [1.82, 2.24) is 9.29 Å². The number of pyridine rings is 1. The van der Waals surface area contributed by atoms with Crippen LogP contribution in [-0.2, 0) is 10.0 Å². The van der Waals surface area contributed by atoms with E-state index in [4.69, 9.17) is 4.74 Å². The monoisotopic (exact) mass is 310 g/mol. The third-order valence-corrected chi connectivity index (χ3v) is 6.82. The van der Waals surface area contributed by atoms with Crippen molar-refractivity contribution in [3.8, 4) is 5.75 Å². The second-order valence-corrected chi connectivity index (χ2v) is 8.60. The summed E-state index contributed by atoms with van der Waals surface area (Å²) in [7, 11) is -3.17. The van der Waals surface area contributed by atoms with Gasteiger partial charge in [0.2, 0.25) is 10.0 Å². The molecular weight excluding hydrogens is 288 g/mol. The van der Waals surface area contributed by atoms with E-state index in [1.807, 2.05) is 12.1 Å². The van der Waals surface area contributed by atoms with E-state index >= 15 is 0 Å². The molecule has 3 rings (SSSR count). The third-order valence-electron chi connectivity index (χ3n) is 4.45. The number of sulfonamides is 1. The molecule has 2 bridgehead atoms. The van der Waals surface area contributed by atoms with Gasteiger partial charge in [-0.1, -0.05) is 0 Å². The summed E-state index contributed by atoms with van der Waals surface area (Å²) in [6, 6.07) is 3.93. The maximum absolute atomic E-state index is 12.5. The van der Waals surface area contributed by atoms with Gasteiger partial charge in [-0.15, -0.1) is 0 Å². The van der Waals surface area contributed by atoms with Gasteiger partial charge in [-0.2, -0.15) is 4.31 Å². The van der Waals surface area contributed by atoms with Gasteiger partial charge in [0.05, 0.1) is 11.4 Å². The molecule has 21 heavy (non-hydrogen) atoms. The SMILES string of the molecule is CC(C)S(=O)(=O)N1C2CCC1CC(Oc1cccnc1)C2. The minimum Gasteiger partial charge on any atom is -0.489 e. The van der Waals surface area contributed by atoms with E-state index in [0.717, 1.165) is 31.4 Å². The van der Waals surface area contributed by atoms with E-state index in [1.54, 1.807) is 30.5 Å². The zero-order valence-electron chi connectivity index (χ0n) is 12.5. The van der Waals surface area contributed by atoms with Crippen LogP contribution in [0.1, 0.15) is 39.5 Å². The van der Waals surface area contributed by atoms with Gasteiger partial charge >= 0.3 is 0 Å². The maximum atomic E-state index is 12.5. The molecule has 0 amide bonds. The van der Waals surface area contributed by atoms with Crippen molar-refractivity contribution in [2.75, 3.05) is 0 Å². The number of piperidine rings is 1. The zero-order chi connectivity index (χ0) is 15.0. The minimum absolute atomic E-state index is 0.0883. The molecule has 2 unspecified atom stereocenters. The summed E-state index contributed by atoms with van der Waals surface area (Å²) < 4.78 is 32.7. The lowest BCUT2D eigenvalue weighted by Gasteiger charge is -2.38. The number of hydrogen-bond acceptors (Lipinski definition) is 4. The Morgan fingerprint density at radius 1 is 1.29 bits per heavy atom. The van der Waals surface area contributed by atoms with Gasteiger partial charge in [0.1, 0.15) is 11.9 Å². The van der Waals surface area contributed by atoms with Crippen molar-refractivity contribution >= 4 is 10.0 Å². The van der Waals surface area contributed by atoms with E-state index in [0.29, 0.717) is 0 Å². The molecule has 0 radical (unpaired) electrons. The molecule has 1 aromatic heterocycles. The van der Waals surface area contributed by atoms with E-state index in [1.165, 1.54) is 0 Å². The maximum Gasteiger partial charge on any atom is 0.216 e. The number of fused-ring (bicyclic) bond motifs is 2. The summed E-state index contributed by atoms with van der Waals surface area (Å²) in [6.07, 6.45) is 6.96. The number of ether oxygens (including phenoxy) is 1. The molecule has 116 valence electrons. The van der Waals surface area contributed by atoms with E-state index in [2.05, 4.69) is 4.98 Å². The van der Waals surface area contributed by atoms with Crippen LogP contribution in [0.25, 0.3) is 0 Å². The fraction of sp³-hybridized carbons (Fsp3) is 0.667. The summed E-state index contributed by atoms with van der Waals surface area (Å²) >= 11 is 0. The fourth-order valence-corrected chi connectivity index (χ4v) is 5.15. The Kier molecular flexibility index (Phi) is 3.92. The number of aromatic nitrogens is 1. The lowest BCUT2D eigenvalue weighted by atomic mass is 10.0. The molecule has 0 saturated carbocycles. The van der Waals surface area contributed by atoms with Crippen LogP contribution in [0.4, 0.5) is 0 Å². The minimum atomic E-state index is -3.17. The molecule has 0 aromatic carbocycles. The Morgan fingerprint density at radius 2 is 1.95 bits per heavy atom. The van der Waals surface area contributed by atoms with Crippen molar-refractivity contribution < 1.29 is 13.2 Å². The number of nitrogens with zero attached hydrogens (tertiary/aromatic N) is 2. The smallest absolute Gasteiger partial charge is 0.216 e. The highest BCUT2D eigenvalue weighted by Gasteiger charge is 2.48. The van der Waals surface area contributed by atoms with Crippen molar-refractivity contribution in [2.45, 2.75) is 63.0 Å². The van der Waals surface area contributed by atoms with Gasteiger partial charge in [0.15, 0.2) is 0 Å². The first-order valence-electron chi connectivity index (χ1n) is 7.57. The van der Waals surface area contributed by atoms with Crippen molar-refractivity contribution in [3.63, 3.8) is 0 Å². The molecule has 1 aromatic rings. The van der Waals surface area contributed by atoms with Crippen LogP contribution in [-0.4, -0.2) is 41.1 Å². The van der Waals surface area contributed by atoms with Crippen LogP contribution < -0.4 is 4.74 Å². The van der Waals surface area contributed by atoms with Crippen LogP contribution in [0.3, 0.4) is 0 Å². The summed E-state index contributed by atoms with van der Waals surface area (Å²) in [5, 5.41) is -0.351. The predicted molar refractivity (Wildman–Crippen MR) is 80.6 cm³/mol. The first-order chi connectivity index (χ1) is 9.98. The Balaban J connectivity index is 1.72. The van der Waals surface area contributed by atoms with E-state index in [-0.39, 0.29) is 23.4 Å². The molecular formula is C15H22N2O3S. The average Bonchev–Trinajstić information content (AvgIpc) is 2.73. The van der Waals surface area contributed by atoms with Crippen molar-refractivity contribution in [2.24, 2.45) is 0 Å². The lowest BCUT2D eigenvalue weighted by molar-refractivity contribution is 0.0949. The second-order valence-electron chi connectivity index (χ2n) is 6.21. The topological polar surface area (TPSA) is 59.5 Å². The second kappa shape index (κ2) is 5.57. The van der Waals surface area contributed by atoms with Gasteiger partial charge in [0, 0.05) is 31.1 Å². The Morgan fingerprint density at radius 3 is 2.48 bits per heavy atom. The van der Waals surface area contributed by atoms with Gasteiger partial charge < -0.3 is 4.74 Å². The lowest BCUT2D eigenvalue weighted by Crippen LogP contribution is -2.51. The van der Waals surface area contributed by atoms with Gasteiger partial charge in [-0.05, 0) is 38.8 Å². The first-order valence-corrected chi connectivity index (χ1v) is 9.08. The van der Waals surface area contributed by atoms with Crippen molar-refractivity contribution in [3.05, 3.63) is 24.5 Å². The molecule has 2 aliphatic heterocycles. The average molecular weight is 310 g/mol. The Hall–Kier alpha value is -1.14. The van der Waals surface area contributed by atoms with E-state index in [9.17, 15) is 8.42 Å². The summed E-state index contributed by atoms with van der Waals surface area (Å²) in [5.74, 6) is 0.766. The van der Waals surface area contributed by atoms with Crippen LogP contribution >= 0.6 is 0 Å². The van der Waals surface area contributed by atoms with Gasteiger partial charge in [0.25, 0.3) is 0 Å². The molecule has 2 aliphatic rings. The molecule has 5 nitrogen and oxygen atoms in total. The van der Waals surface area contributed by atoms with Crippen molar-refractivity contribution in [1.29, 1.82) is 0 Å². The Bertz CT molecular complexity index is 574. The van der Waals surface area contributed by atoms with Crippen LogP contribution in [0.5, 0.6) is 5.75 Å². The largest absolute Gasteiger partial charge is 0.489 e. The number of rotatable bonds is 4. The molecule has 6 heteroatoms. The van der Waals surface area contributed by atoms with Crippen LogP contribution in [0, 0.1) is 0 Å². The molecule has 0 spiro atoms. The highest BCUT2D eigenvalue weighted by Crippen LogP contribution is 2.40. The highest BCUT2D eigenvalue weighted by molar-refractivity contribution is 7.89. The van der Waals surface area contributed by atoms with Gasteiger partial charge in [-0.25, -0.2) is 8.42 Å². The molecule has 3 heterocycles. The molecule has 2 atom stereocenters. The summed E-state index contributed by atoms with van der Waals surface area (Å²) in [6.45, 7) is 3.51. The standard InChI is InChI=1S/C15H22N2O3S/c1-11(2)21(18,19)17-12-5-6-13(17)9-15(8-12)20-14-4-3-7-16-10-14/h3-4,7,10-13,15H,5-6,8-9H2,1-2H3. The van der Waals surface area contributed by atoms with Crippen LogP contribution in [0.15, 0.2) is 24.5 Å². The summed E-state index contributed by atoms with van der Waals surface area (Å²) in [5.41, 5.74) is 0. The molecule has 0 N–H and O–H groups in total. The first kappa shape index (κ1) is 14.8. The number of hydrogen-bond donors (Lipinski definition) is 0. The Labute approximate surface area is 126 Å². The fourth-order valence-electron chi connectivity index (χ4n) is 3.45. The predicted octanol–water partition coefficient (Wildman–Crippen LogP) is 2.19. The van der Waals surface area contributed by atoms with E-state index < -0.39 is 10.0 Å². The zero-order valence-corrected chi connectivity index (χ0v) is 13.3. The normalized spacial score (nSPS) is 29.8. The molecule has 0 aliphatic carbocycles. The third kappa shape index (κ3) is 2.79. The molecule has 2 fully saturated rings.